The topological polar surface area (TPSA) is 79.8 Å². The van der Waals surface area contributed by atoms with Crippen molar-refractivity contribution in [3.8, 4) is 5.75 Å². The molecule has 1 aromatic heterocycles. The summed E-state index contributed by atoms with van der Waals surface area (Å²) in [5.74, 6) is -0.467. The highest BCUT2D eigenvalue weighted by atomic mass is 35.5. The van der Waals surface area contributed by atoms with Gasteiger partial charge in [0.2, 0.25) is 5.91 Å². The maximum atomic E-state index is 13.3. The van der Waals surface area contributed by atoms with E-state index in [-0.39, 0.29) is 17.3 Å². The number of nitrogens with zero attached hydrogens (tertiary/aromatic N) is 3. The number of halogens is 1. The Balaban J connectivity index is 0.00000385. The van der Waals surface area contributed by atoms with Crippen LogP contribution in [-0.4, -0.2) is 64.3 Å². The van der Waals surface area contributed by atoms with Gasteiger partial charge in [0.25, 0.3) is 0 Å². The quantitative estimate of drug-likeness (QED) is 0.430. The second-order valence-corrected chi connectivity index (χ2v) is 11.0. The number of aromatic nitrogens is 1. The molecule has 0 aliphatic carbocycles. The number of sulfone groups is 1. The van der Waals surface area contributed by atoms with Gasteiger partial charge in [-0.3, -0.25) is 9.69 Å². The van der Waals surface area contributed by atoms with Crippen molar-refractivity contribution < 1.29 is 17.9 Å². The number of fused-ring (bicyclic) bond motifs is 1. The molecule has 0 spiro atoms. The summed E-state index contributed by atoms with van der Waals surface area (Å²) >= 11 is 1.38. The molecule has 0 atom stereocenters. The number of thiazole rings is 1. The van der Waals surface area contributed by atoms with Gasteiger partial charge in [-0.25, -0.2) is 13.4 Å². The number of rotatable bonds is 9. The summed E-state index contributed by atoms with van der Waals surface area (Å²) in [6, 6.07) is 10.3. The molecular weight excluding hydrogens is 482 g/mol. The molecule has 0 saturated carbocycles. The average molecular weight is 512 g/mol. The van der Waals surface area contributed by atoms with E-state index < -0.39 is 21.5 Å². The third-order valence-electron chi connectivity index (χ3n) is 5.12. The molecule has 3 aromatic rings. The molecule has 0 aliphatic rings. The van der Waals surface area contributed by atoms with Crippen molar-refractivity contribution >= 4 is 54.8 Å². The number of hydrogen-bond acceptors (Lipinski definition) is 7. The third-order valence-corrected chi connectivity index (χ3v) is 7.96. The zero-order valence-corrected chi connectivity index (χ0v) is 21.9. The van der Waals surface area contributed by atoms with Gasteiger partial charge in [-0.2, -0.15) is 0 Å². The summed E-state index contributed by atoms with van der Waals surface area (Å²) < 4.78 is 32.2. The Kier molecular flexibility index (Phi) is 9.25. The molecule has 0 saturated heterocycles. The minimum absolute atomic E-state index is 0. The van der Waals surface area contributed by atoms with Crippen LogP contribution in [0.1, 0.15) is 17.5 Å². The second-order valence-electron chi connectivity index (χ2n) is 8.03. The number of aryl methyl sites for hydroxylation is 2. The van der Waals surface area contributed by atoms with Crippen LogP contribution in [0.5, 0.6) is 5.75 Å². The van der Waals surface area contributed by atoms with Crippen molar-refractivity contribution in [3.05, 3.63) is 47.5 Å². The number of carbonyl (C=O) groups is 1. The van der Waals surface area contributed by atoms with Crippen LogP contribution < -0.4 is 9.64 Å². The first kappa shape index (κ1) is 27.0. The molecule has 0 bridgehead atoms. The van der Waals surface area contributed by atoms with Crippen LogP contribution >= 0.6 is 23.7 Å². The Morgan fingerprint density at radius 1 is 1.06 bits per heavy atom. The van der Waals surface area contributed by atoms with Crippen LogP contribution in [0.3, 0.4) is 0 Å². The van der Waals surface area contributed by atoms with Gasteiger partial charge in [-0.1, -0.05) is 35.1 Å². The van der Waals surface area contributed by atoms with Crippen molar-refractivity contribution in [1.29, 1.82) is 0 Å². The molecule has 180 valence electrons. The molecule has 1 heterocycles. The fraction of sp³-hybridized carbons (Fsp3) is 0.391. The van der Waals surface area contributed by atoms with E-state index in [9.17, 15) is 13.2 Å². The fourth-order valence-corrected chi connectivity index (χ4v) is 5.61. The monoisotopic (exact) mass is 511 g/mol. The van der Waals surface area contributed by atoms with E-state index in [2.05, 4.69) is 4.98 Å². The zero-order valence-electron chi connectivity index (χ0n) is 19.5. The van der Waals surface area contributed by atoms with Gasteiger partial charge < -0.3 is 9.64 Å². The molecule has 2 aromatic carbocycles. The van der Waals surface area contributed by atoms with Gasteiger partial charge >= 0.3 is 0 Å². The summed E-state index contributed by atoms with van der Waals surface area (Å²) in [5.41, 5.74) is 2.66. The predicted octanol–water partition coefficient (Wildman–Crippen LogP) is 4.10. The van der Waals surface area contributed by atoms with Crippen molar-refractivity contribution in [1.82, 2.24) is 9.88 Å². The molecule has 7 nitrogen and oxygen atoms in total. The molecule has 0 radical (unpaired) electrons. The number of ether oxygens (including phenoxy) is 1. The van der Waals surface area contributed by atoms with Crippen molar-refractivity contribution in [2.45, 2.75) is 25.2 Å². The van der Waals surface area contributed by atoms with Gasteiger partial charge in [-0.05, 0) is 64.7 Å². The molecular formula is C23H30ClN3O4S2. The maximum Gasteiger partial charge on any atom is 0.244 e. The maximum absolute atomic E-state index is 13.3. The third kappa shape index (κ3) is 6.44. The van der Waals surface area contributed by atoms with Crippen LogP contribution in [0, 0.1) is 13.8 Å². The lowest BCUT2D eigenvalue weighted by molar-refractivity contribution is -0.116. The summed E-state index contributed by atoms with van der Waals surface area (Å²) in [6.45, 7) is 5.00. The summed E-state index contributed by atoms with van der Waals surface area (Å²) in [7, 11) is 1.73. The first-order chi connectivity index (χ1) is 15.1. The number of anilines is 1. The Labute approximate surface area is 205 Å². The lowest BCUT2D eigenvalue weighted by Gasteiger charge is -2.21. The highest BCUT2D eigenvalue weighted by molar-refractivity contribution is 7.92. The van der Waals surface area contributed by atoms with Gasteiger partial charge in [0.05, 0.1) is 16.7 Å². The van der Waals surface area contributed by atoms with Crippen LogP contribution in [0.4, 0.5) is 5.13 Å². The van der Waals surface area contributed by atoms with E-state index >= 15 is 0 Å². The summed E-state index contributed by atoms with van der Waals surface area (Å²) in [6.07, 6.45) is 0.690. The van der Waals surface area contributed by atoms with Gasteiger partial charge in [0.1, 0.15) is 17.0 Å². The van der Waals surface area contributed by atoms with Gasteiger partial charge in [0.15, 0.2) is 15.0 Å². The Hall–Kier alpha value is -2.20. The van der Waals surface area contributed by atoms with E-state index in [0.717, 1.165) is 22.4 Å². The first-order valence-corrected chi connectivity index (χ1v) is 12.8. The van der Waals surface area contributed by atoms with E-state index in [0.29, 0.717) is 29.4 Å². The molecule has 0 N–H and O–H groups in total. The van der Waals surface area contributed by atoms with E-state index in [4.69, 9.17) is 4.74 Å². The van der Waals surface area contributed by atoms with Crippen molar-refractivity contribution in [2.24, 2.45) is 0 Å². The number of hydrogen-bond donors (Lipinski definition) is 0. The smallest absolute Gasteiger partial charge is 0.244 e. The zero-order chi connectivity index (χ0) is 23.5. The summed E-state index contributed by atoms with van der Waals surface area (Å²) in [5, 5.41) is 0.482. The van der Waals surface area contributed by atoms with E-state index in [1.165, 1.54) is 16.2 Å². The first-order valence-electron chi connectivity index (χ1n) is 10.3. The lowest BCUT2D eigenvalue weighted by Crippen LogP contribution is -2.37. The van der Waals surface area contributed by atoms with Crippen LogP contribution in [0.15, 0.2) is 41.3 Å². The van der Waals surface area contributed by atoms with Crippen LogP contribution in [0.2, 0.25) is 0 Å². The average Bonchev–Trinajstić information content (AvgIpc) is 3.17. The van der Waals surface area contributed by atoms with Crippen molar-refractivity contribution in [2.75, 3.05) is 44.9 Å². The molecule has 10 heteroatoms. The minimum atomic E-state index is -3.77. The fourth-order valence-electron chi connectivity index (χ4n) is 3.32. The molecule has 3 rings (SSSR count). The Bertz CT molecular complexity index is 1210. The molecule has 33 heavy (non-hydrogen) atoms. The van der Waals surface area contributed by atoms with E-state index in [1.54, 1.807) is 31.4 Å². The summed E-state index contributed by atoms with van der Waals surface area (Å²) in [4.78, 5) is 21.6. The predicted molar refractivity (Wildman–Crippen MR) is 137 cm³/mol. The number of carbonyl (C=O) groups excluding carboxylic acids is 1. The molecule has 0 fully saturated rings. The van der Waals surface area contributed by atoms with Gasteiger partial charge in [-0.15, -0.1) is 12.4 Å². The Morgan fingerprint density at radius 2 is 1.73 bits per heavy atom. The van der Waals surface area contributed by atoms with Gasteiger partial charge in [0, 0.05) is 6.54 Å². The number of benzene rings is 2. The highest BCUT2D eigenvalue weighted by Crippen LogP contribution is 2.36. The second kappa shape index (κ2) is 11.3. The standard InChI is InChI=1S/C23H29N3O4S2.ClH/c1-16-7-10-18(11-8-16)32(28,29)15-20(27)26(14-6-13-25(3)4)23-24-21-19(30-5)12-9-17(2)22(21)31-23;/h7-12H,6,13-15H2,1-5H3;1H. The number of methoxy groups -OCH3 is 1. The molecule has 0 aliphatic heterocycles. The van der Waals surface area contributed by atoms with Crippen molar-refractivity contribution in [3.63, 3.8) is 0 Å². The molecule has 1 amide bonds. The highest BCUT2D eigenvalue weighted by Gasteiger charge is 2.27. The SMILES string of the molecule is COc1ccc(C)c2sc(N(CCCN(C)C)C(=O)CS(=O)(=O)c3ccc(C)cc3)nc12.Cl. The lowest BCUT2D eigenvalue weighted by atomic mass is 10.2. The minimum Gasteiger partial charge on any atom is -0.494 e. The van der Waals surface area contributed by atoms with Crippen LogP contribution in [0.25, 0.3) is 10.2 Å². The number of amides is 1. The normalized spacial score (nSPS) is 11.5. The largest absolute Gasteiger partial charge is 0.494 e. The Morgan fingerprint density at radius 3 is 2.33 bits per heavy atom. The van der Waals surface area contributed by atoms with E-state index in [1.807, 2.05) is 45.0 Å². The molecule has 0 unspecified atom stereocenters. The van der Waals surface area contributed by atoms with Crippen LogP contribution in [-0.2, 0) is 14.6 Å².